The zero-order valence-electron chi connectivity index (χ0n) is 18.4. The van der Waals surface area contributed by atoms with Gasteiger partial charge in [-0.25, -0.2) is 0 Å². The molecule has 198 valence electrons. The summed E-state index contributed by atoms with van der Waals surface area (Å²) in [6.45, 7) is 0. The molecule has 0 aromatic heterocycles. The van der Waals surface area contributed by atoms with E-state index in [0.717, 1.165) is 0 Å². The van der Waals surface area contributed by atoms with Gasteiger partial charge in [0.25, 0.3) is 0 Å². The van der Waals surface area contributed by atoms with E-state index in [-0.39, 0.29) is 97.2 Å². The largest absolute Gasteiger partial charge is 0.508 e. The van der Waals surface area contributed by atoms with E-state index < -0.39 is 0 Å². The molecule has 38 heavy (non-hydrogen) atoms. The Morgan fingerprint density at radius 2 is 0.816 bits per heavy atom. The van der Waals surface area contributed by atoms with Crippen LogP contribution >= 0.6 is 92.8 Å². The Morgan fingerprint density at radius 3 is 1.24 bits per heavy atom. The number of nitrogen functional groups attached to an aromatic ring is 2. The zero-order valence-corrected chi connectivity index (χ0v) is 24.4. The number of ether oxygens (including phenoxy) is 2. The van der Waals surface area contributed by atoms with Gasteiger partial charge in [0, 0.05) is 23.3 Å². The first kappa shape index (κ1) is 29.0. The van der Waals surface area contributed by atoms with Crippen molar-refractivity contribution in [1.82, 2.24) is 0 Å². The lowest BCUT2D eigenvalue weighted by molar-refractivity contribution is 0.466. The van der Waals surface area contributed by atoms with E-state index in [9.17, 15) is 10.2 Å². The number of benzene rings is 4. The molecule has 6 N–H and O–H groups in total. The summed E-state index contributed by atoms with van der Waals surface area (Å²) in [7, 11) is 0. The summed E-state index contributed by atoms with van der Waals surface area (Å²) < 4.78 is 11.6. The molecule has 0 radical (unpaired) electrons. The number of phenolic OH excluding ortho intramolecular Hbond substituents is 2. The van der Waals surface area contributed by atoms with Crippen molar-refractivity contribution in [2.24, 2.45) is 0 Å². The van der Waals surface area contributed by atoms with Gasteiger partial charge in [-0.3, -0.25) is 0 Å². The molecule has 0 bridgehead atoms. The zero-order chi connectivity index (χ0) is 28.0. The van der Waals surface area contributed by atoms with Gasteiger partial charge in [-0.2, -0.15) is 0 Å². The van der Waals surface area contributed by atoms with Crippen LogP contribution in [0.2, 0.25) is 40.2 Å². The van der Waals surface area contributed by atoms with Crippen LogP contribution in [-0.2, 0) is 0 Å². The van der Waals surface area contributed by atoms with Crippen LogP contribution in [-0.4, -0.2) is 10.2 Å². The summed E-state index contributed by atoms with van der Waals surface area (Å²) >= 11 is 52.3. The first-order chi connectivity index (χ1) is 17.8. The fourth-order valence-electron chi connectivity index (χ4n) is 3.32. The fourth-order valence-corrected chi connectivity index (χ4v) is 5.58. The van der Waals surface area contributed by atoms with Crippen molar-refractivity contribution in [3.05, 3.63) is 76.6 Å². The van der Waals surface area contributed by atoms with Crippen LogP contribution in [0.4, 0.5) is 11.4 Å². The summed E-state index contributed by atoms with van der Waals surface area (Å²) in [6.07, 6.45) is 0. The maximum absolute atomic E-state index is 9.63. The van der Waals surface area contributed by atoms with E-state index in [0.29, 0.717) is 0 Å². The molecule has 14 heteroatoms. The number of hydrogen-bond donors (Lipinski definition) is 4. The maximum atomic E-state index is 9.63. The molecule has 0 saturated carbocycles. The Bertz CT molecular complexity index is 1590. The van der Waals surface area contributed by atoms with Gasteiger partial charge in [0.2, 0.25) is 0 Å². The molecular formula is C24H12Cl8N2O4. The van der Waals surface area contributed by atoms with Crippen LogP contribution < -0.4 is 20.9 Å². The molecule has 0 spiro atoms. The normalized spacial score (nSPS) is 11.1. The summed E-state index contributed by atoms with van der Waals surface area (Å²) in [5, 5.41) is 18.1. The minimum Gasteiger partial charge on any atom is -0.508 e. The molecule has 0 saturated heterocycles. The Kier molecular flexibility index (Phi) is 8.58. The van der Waals surface area contributed by atoms with Crippen molar-refractivity contribution in [2.75, 3.05) is 11.5 Å². The Labute approximate surface area is 256 Å². The van der Waals surface area contributed by atoms with E-state index in [1.54, 1.807) is 0 Å². The lowest BCUT2D eigenvalue weighted by atomic mass is 10.0. The summed E-state index contributed by atoms with van der Waals surface area (Å²) in [5.41, 5.74) is 12.0. The average molecular weight is 676 g/mol. The minimum atomic E-state index is -0.160. The molecule has 6 nitrogen and oxygen atoms in total. The second kappa shape index (κ2) is 11.2. The summed E-state index contributed by atoms with van der Waals surface area (Å²) in [5.74, 6) is -0.175. The van der Waals surface area contributed by atoms with E-state index in [2.05, 4.69) is 0 Å². The van der Waals surface area contributed by atoms with Gasteiger partial charge < -0.3 is 31.2 Å². The van der Waals surface area contributed by atoms with Crippen molar-refractivity contribution < 1.29 is 19.7 Å². The molecule has 0 aliphatic heterocycles. The third kappa shape index (κ3) is 5.25. The van der Waals surface area contributed by atoms with Gasteiger partial charge in [0.05, 0.1) is 36.5 Å². The second-order valence-corrected chi connectivity index (χ2v) is 10.6. The lowest BCUT2D eigenvalue weighted by Crippen LogP contribution is -1.98. The number of hydrogen-bond acceptors (Lipinski definition) is 6. The first-order valence-electron chi connectivity index (χ1n) is 10.1. The van der Waals surface area contributed by atoms with Crippen LogP contribution in [0.1, 0.15) is 0 Å². The predicted molar refractivity (Wildman–Crippen MR) is 157 cm³/mol. The van der Waals surface area contributed by atoms with Crippen molar-refractivity contribution in [2.45, 2.75) is 0 Å². The minimum absolute atomic E-state index is 0.00424. The molecule has 0 aliphatic rings. The number of halogens is 8. The Balaban J connectivity index is 1.91. The summed E-state index contributed by atoms with van der Waals surface area (Å²) in [6, 6.07) is 8.03. The monoisotopic (exact) mass is 672 g/mol. The maximum Gasteiger partial charge on any atom is 0.167 e. The number of anilines is 2. The third-order valence-electron chi connectivity index (χ3n) is 5.11. The molecule has 0 aliphatic carbocycles. The Morgan fingerprint density at radius 1 is 0.474 bits per heavy atom. The fraction of sp³-hybridized carbons (Fsp3) is 0. The van der Waals surface area contributed by atoms with Gasteiger partial charge in [-0.15, -0.1) is 0 Å². The molecule has 0 amide bonds. The van der Waals surface area contributed by atoms with Crippen LogP contribution in [0.25, 0.3) is 11.1 Å². The number of nitrogens with two attached hydrogens (primary N) is 2. The molecule has 4 aromatic rings. The molecule has 0 atom stereocenters. The second-order valence-electron chi connectivity index (χ2n) is 7.57. The van der Waals surface area contributed by atoms with Gasteiger partial charge in [0.1, 0.15) is 26.6 Å². The SMILES string of the molecule is Nc1cc(O)ccc1Oc1c(Cl)c(Cl)c(-c2c(Cl)c(Cl)c(Cl)c(Oc3ccc(O)cc3N)c2Cl)c(Cl)c1Cl. The molecule has 0 heterocycles. The van der Waals surface area contributed by atoms with Crippen LogP contribution in [0, 0.1) is 0 Å². The summed E-state index contributed by atoms with van der Waals surface area (Å²) in [4.78, 5) is 0. The van der Waals surface area contributed by atoms with Gasteiger partial charge in [-0.1, -0.05) is 92.8 Å². The Hall–Kier alpha value is -2.00. The number of rotatable bonds is 5. The third-order valence-corrected chi connectivity index (χ3v) is 8.45. The molecule has 4 aromatic carbocycles. The lowest BCUT2D eigenvalue weighted by Gasteiger charge is -2.21. The highest BCUT2D eigenvalue weighted by molar-refractivity contribution is 6.55. The standard InChI is InChI=1S/C24H12Cl8N2O4/c25-15-14(18(28)23(22(32)19(15)29)37-11-3-1-7(35)5-9(11)33)13-16(26)20(30)24(21(31)17(13)27)38-12-4-2-8(36)6-10(12)34/h1-6,35-36H,33-34H2. The van der Waals surface area contributed by atoms with Crippen molar-refractivity contribution >= 4 is 104 Å². The molecular weight excluding hydrogens is 664 g/mol. The van der Waals surface area contributed by atoms with Gasteiger partial charge >= 0.3 is 0 Å². The first-order valence-corrected chi connectivity index (χ1v) is 13.1. The van der Waals surface area contributed by atoms with E-state index in [1.807, 2.05) is 0 Å². The van der Waals surface area contributed by atoms with E-state index in [1.165, 1.54) is 36.4 Å². The highest BCUT2D eigenvalue weighted by Crippen LogP contribution is 2.58. The van der Waals surface area contributed by atoms with Gasteiger partial charge in [0.15, 0.2) is 23.0 Å². The van der Waals surface area contributed by atoms with Crippen molar-refractivity contribution in [3.8, 4) is 45.6 Å². The van der Waals surface area contributed by atoms with Crippen LogP contribution in [0.3, 0.4) is 0 Å². The van der Waals surface area contributed by atoms with Crippen molar-refractivity contribution in [3.63, 3.8) is 0 Å². The van der Waals surface area contributed by atoms with Crippen LogP contribution in [0.5, 0.6) is 34.5 Å². The van der Waals surface area contributed by atoms with E-state index in [4.69, 9.17) is 114 Å². The highest BCUT2D eigenvalue weighted by atomic mass is 35.5. The number of aromatic hydroxyl groups is 2. The smallest absolute Gasteiger partial charge is 0.167 e. The molecule has 4 rings (SSSR count). The topological polar surface area (TPSA) is 111 Å². The van der Waals surface area contributed by atoms with E-state index >= 15 is 0 Å². The quantitative estimate of drug-likeness (QED) is 0.0952. The van der Waals surface area contributed by atoms with Crippen molar-refractivity contribution in [1.29, 1.82) is 0 Å². The average Bonchev–Trinajstić information content (AvgIpc) is 2.86. The number of phenols is 2. The molecule has 0 fully saturated rings. The van der Waals surface area contributed by atoms with Gasteiger partial charge in [-0.05, 0) is 24.3 Å². The predicted octanol–water partition coefficient (Wildman–Crippen LogP) is 10.7. The highest BCUT2D eigenvalue weighted by Gasteiger charge is 2.30. The van der Waals surface area contributed by atoms with Crippen LogP contribution in [0.15, 0.2) is 36.4 Å². The molecule has 0 unspecified atom stereocenters.